The summed E-state index contributed by atoms with van der Waals surface area (Å²) in [6, 6.07) is 7.03. The second kappa shape index (κ2) is 6.92. The number of carbonyl (C=O) groups excluding carboxylic acids is 2. The van der Waals surface area contributed by atoms with Crippen LogP contribution in [-0.4, -0.2) is 17.9 Å². The second-order valence-corrected chi connectivity index (χ2v) is 6.87. The van der Waals surface area contributed by atoms with E-state index in [-0.39, 0.29) is 23.3 Å². The molecule has 25 heavy (non-hydrogen) atoms. The molecular weight excluding hydrogens is 342 g/mol. The van der Waals surface area contributed by atoms with Gasteiger partial charge in [-0.1, -0.05) is 23.7 Å². The number of hydrogen-bond acceptors (Lipinski definition) is 5. The number of nitrogens with two attached hydrogens (primary N) is 1. The van der Waals surface area contributed by atoms with Crippen LogP contribution in [-0.2, 0) is 19.1 Å². The molecule has 0 saturated carbocycles. The molecule has 0 spiro atoms. The fourth-order valence-electron chi connectivity index (χ4n) is 3.22. The Morgan fingerprint density at radius 2 is 1.96 bits per heavy atom. The van der Waals surface area contributed by atoms with E-state index in [9.17, 15) is 9.59 Å². The fraction of sp³-hybridized carbons (Fsp3) is 0.368. The van der Waals surface area contributed by atoms with Gasteiger partial charge in [-0.25, -0.2) is 4.79 Å². The average Bonchev–Trinajstić information content (AvgIpc) is 2.53. The van der Waals surface area contributed by atoms with Gasteiger partial charge in [-0.15, -0.1) is 0 Å². The maximum absolute atomic E-state index is 12.7. The molecule has 132 valence electrons. The Morgan fingerprint density at radius 3 is 2.60 bits per heavy atom. The van der Waals surface area contributed by atoms with Crippen molar-refractivity contribution in [3.05, 3.63) is 57.6 Å². The summed E-state index contributed by atoms with van der Waals surface area (Å²) in [5.41, 5.74) is 7.48. The van der Waals surface area contributed by atoms with Crippen molar-refractivity contribution in [1.82, 2.24) is 0 Å². The predicted octanol–water partition coefficient (Wildman–Crippen LogP) is 3.58. The molecule has 2 N–H and O–H groups in total. The lowest BCUT2D eigenvalue weighted by molar-refractivity contribution is -0.143. The summed E-state index contributed by atoms with van der Waals surface area (Å²) in [5.74, 6) is -0.644. The molecule has 1 aromatic rings. The minimum atomic E-state index is -0.597. The van der Waals surface area contributed by atoms with Gasteiger partial charge in [0, 0.05) is 23.4 Å². The topological polar surface area (TPSA) is 78.6 Å². The van der Waals surface area contributed by atoms with Gasteiger partial charge < -0.3 is 15.2 Å². The number of benzene rings is 1. The standard InChI is InChI=1S/C19H20ClNO4/c1-10(2)24-19(23)17-15(11-6-8-12(20)9-7-11)16-13(22)4-3-5-14(16)25-18(17)21/h6-10,15H,3-5,21H2,1-2H3. The third kappa shape index (κ3) is 3.42. The lowest BCUT2D eigenvalue weighted by Crippen LogP contribution is -2.32. The van der Waals surface area contributed by atoms with Crippen LogP contribution >= 0.6 is 11.6 Å². The maximum atomic E-state index is 12.7. The number of ether oxygens (including phenoxy) is 2. The largest absolute Gasteiger partial charge is 0.459 e. The lowest BCUT2D eigenvalue weighted by atomic mass is 9.77. The minimum Gasteiger partial charge on any atom is -0.459 e. The summed E-state index contributed by atoms with van der Waals surface area (Å²) in [6.07, 6.45) is 1.46. The maximum Gasteiger partial charge on any atom is 0.340 e. The molecule has 0 aromatic heterocycles. The van der Waals surface area contributed by atoms with E-state index in [1.54, 1.807) is 38.1 Å². The molecular formula is C19H20ClNO4. The number of Topliss-reactive ketones (excluding diaryl/α,β-unsaturated/α-hetero) is 1. The summed E-state index contributed by atoms with van der Waals surface area (Å²) in [4.78, 5) is 25.2. The van der Waals surface area contributed by atoms with Crippen molar-refractivity contribution in [1.29, 1.82) is 0 Å². The van der Waals surface area contributed by atoms with Crippen LogP contribution in [0.4, 0.5) is 0 Å². The Morgan fingerprint density at radius 1 is 1.28 bits per heavy atom. The zero-order chi connectivity index (χ0) is 18.1. The van der Waals surface area contributed by atoms with Crippen LogP contribution < -0.4 is 5.73 Å². The first-order chi connectivity index (χ1) is 11.9. The van der Waals surface area contributed by atoms with Gasteiger partial charge in [-0.3, -0.25) is 4.79 Å². The molecule has 1 heterocycles. The van der Waals surface area contributed by atoms with Crippen molar-refractivity contribution < 1.29 is 19.1 Å². The predicted molar refractivity (Wildman–Crippen MR) is 93.6 cm³/mol. The molecule has 2 aliphatic rings. The first-order valence-corrected chi connectivity index (χ1v) is 8.66. The van der Waals surface area contributed by atoms with Crippen molar-refractivity contribution in [2.75, 3.05) is 0 Å². The van der Waals surface area contributed by atoms with E-state index in [0.29, 0.717) is 35.6 Å². The summed E-state index contributed by atoms with van der Waals surface area (Å²) in [5, 5.41) is 0.572. The number of halogens is 1. The molecule has 0 fully saturated rings. The van der Waals surface area contributed by atoms with Gasteiger partial charge in [0.05, 0.1) is 12.0 Å². The van der Waals surface area contributed by atoms with Crippen LogP contribution in [0.2, 0.25) is 5.02 Å². The second-order valence-electron chi connectivity index (χ2n) is 6.43. The number of ketones is 1. The molecule has 1 aromatic carbocycles. The van der Waals surface area contributed by atoms with Gasteiger partial charge >= 0.3 is 5.97 Å². The zero-order valence-corrected chi connectivity index (χ0v) is 14.9. The molecule has 0 bridgehead atoms. The van der Waals surface area contributed by atoms with Crippen LogP contribution in [0.3, 0.4) is 0 Å². The van der Waals surface area contributed by atoms with Gasteiger partial charge in [0.2, 0.25) is 5.88 Å². The van der Waals surface area contributed by atoms with E-state index in [0.717, 1.165) is 5.56 Å². The van der Waals surface area contributed by atoms with E-state index in [1.807, 2.05) is 0 Å². The molecule has 1 aliphatic heterocycles. The first-order valence-electron chi connectivity index (χ1n) is 8.28. The van der Waals surface area contributed by atoms with Crippen LogP contribution in [0.5, 0.6) is 0 Å². The number of hydrogen-bond donors (Lipinski definition) is 1. The molecule has 1 aliphatic carbocycles. The van der Waals surface area contributed by atoms with Crippen molar-refractivity contribution in [3.63, 3.8) is 0 Å². The summed E-state index contributed by atoms with van der Waals surface area (Å²) in [6.45, 7) is 3.51. The average molecular weight is 362 g/mol. The van der Waals surface area contributed by atoms with Crippen LogP contribution in [0.15, 0.2) is 47.1 Å². The van der Waals surface area contributed by atoms with E-state index >= 15 is 0 Å². The molecule has 0 saturated heterocycles. The molecule has 0 radical (unpaired) electrons. The van der Waals surface area contributed by atoms with Gasteiger partial charge in [0.1, 0.15) is 11.3 Å². The summed E-state index contributed by atoms with van der Waals surface area (Å²) < 4.78 is 11.0. The summed E-state index contributed by atoms with van der Waals surface area (Å²) in [7, 11) is 0. The normalized spacial score (nSPS) is 20.5. The first kappa shape index (κ1) is 17.5. The minimum absolute atomic E-state index is 0.000880. The molecule has 1 unspecified atom stereocenters. The fourth-order valence-corrected chi connectivity index (χ4v) is 3.35. The molecule has 6 heteroatoms. The molecule has 5 nitrogen and oxygen atoms in total. The number of esters is 1. The monoisotopic (exact) mass is 361 g/mol. The SMILES string of the molecule is CC(C)OC(=O)C1=C(N)OC2=C(C(=O)CCC2)C1c1ccc(Cl)cc1. The van der Waals surface area contributed by atoms with Crippen molar-refractivity contribution in [2.24, 2.45) is 5.73 Å². The van der Waals surface area contributed by atoms with Gasteiger partial charge in [0.15, 0.2) is 5.78 Å². The Kier molecular flexibility index (Phi) is 4.86. The number of allylic oxidation sites excluding steroid dienone is 2. The van der Waals surface area contributed by atoms with Gasteiger partial charge in [-0.2, -0.15) is 0 Å². The molecule has 0 amide bonds. The van der Waals surface area contributed by atoms with E-state index in [4.69, 9.17) is 26.8 Å². The van der Waals surface area contributed by atoms with Crippen LogP contribution in [0.1, 0.15) is 44.6 Å². The molecule has 1 atom stereocenters. The highest BCUT2D eigenvalue weighted by atomic mass is 35.5. The smallest absolute Gasteiger partial charge is 0.340 e. The molecule has 3 rings (SSSR count). The van der Waals surface area contributed by atoms with Crippen molar-refractivity contribution >= 4 is 23.4 Å². The Bertz CT molecular complexity index is 777. The van der Waals surface area contributed by atoms with E-state index < -0.39 is 11.9 Å². The highest BCUT2D eigenvalue weighted by molar-refractivity contribution is 6.30. The third-order valence-corrected chi connectivity index (χ3v) is 4.50. The van der Waals surface area contributed by atoms with Crippen LogP contribution in [0, 0.1) is 0 Å². The van der Waals surface area contributed by atoms with E-state index in [1.165, 1.54) is 0 Å². The van der Waals surface area contributed by atoms with Crippen LogP contribution in [0.25, 0.3) is 0 Å². The quantitative estimate of drug-likeness (QED) is 0.832. The van der Waals surface area contributed by atoms with Crippen molar-refractivity contribution in [3.8, 4) is 0 Å². The highest BCUT2D eigenvalue weighted by Crippen LogP contribution is 2.44. The van der Waals surface area contributed by atoms with Gasteiger partial charge in [0.25, 0.3) is 0 Å². The Hall–Kier alpha value is -2.27. The Labute approximate surface area is 151 Å². The van der Waals surface area contributed by atoms with Crippen molar-refractivity contribution in [2.45, 2.75) is 45.1 Å². The van der Waals surface area contributed by atoms with E-state index in [2.05, 4.69) is 0 Å². The zero-order valence-electron chi connectivity index (χ0n) is 14.2. The number of carbonyl (C=O) groups is 2. The number of rotatable bonds is 3. The van der Waals surface area contributed by atoms with Gasteiger partial charge in [-0.05, 0) is 38.0 Å². The summed E-state index contributed by atoms with van der Waals surface area (Å²) >= 11 is 5.98. The third-order valence-electron chi connectivity index (χ3n) is 4.25. The Balaban J connectivity index is 2.13. The lowest BCUT2D eigenvalue weighted by Gasteiger charge is -2.32. The highest BCUT2D eigenvalue weighted by Gasteiger charge is 2.41.